The second kappa shape index (κ2) is 4.23. The first-order valence-corrected chi connectivity index (χ1v) is 6.61. The highest BCUT2D eigenvalue weighted by atomic mass is 127. The smallest absolute Gasteiger partial charge is 0.171 e. The molecule has 1 aliphatic heterocycles. The van der Waals surface area contributed by atoms with Gasteiger partial charge in [-0.25, -0.2) is 0 Å². The van der Waals surface area contributed by atoms with Gasteiger partial charge in [0.1, 0.15) is 0 Å². The fourth-order valence-electron chi connectivity index (χ4n) is 1.55. The lowest BCUT2D eigenvalue weighted by Crippen LogP contribution is -1.99. The molecule has 0 saturated heterocycles. The first-order valence-electron chi connectivity index (χ1n) is 4.78. The number of ether oxygens (including phenoxy) is 2. The van der Waals surface area contributed by atoms with Crippen LogP contribution in [0.25, 0.3) is 0 Å². The normalized spacial score (nSPS) is 12.2. The Kier molecular flexibility index (Phi) is 2.84. The summed E-state index contributed by atoms with van der Waals surface area (Å²) in [6.45, 7) is 0. The first-order chi connectivity index (χ1) is 8.13. The average Bonchev–Trinajstić information content (AvgIpc) is 2.28. The molecule has 2 nitrogen and oxygen atoms in total. The van der Waals surface area contributed by atoms with Crippen molar-refractivity contribution in [2.75, 3.05) is 0 Å². The Morgan fingerprint density at radius 1 is 0.765 bits per heavy atom. The van der Waals surface area contributed by atoms with Crippen LogP contribution in [0.3, 0.4) is 0 Å². The number of rotatable bonds is 0. The van der Waals surface area contributed by atoms with Crippen molar-refractivity contribution in [3.05, 3.63) is 43.9 Å². The van der Waals surface area contributed by atoms with Gasteiger partial charge in [0.15, 0.2) is 23.0 Å². The summed E-state index contributed by atoms with van der Waals surface area (Å²) in [5.74, 6) is 2.51. The third-order valence-corrected chi connectivity index (χ3v) is 3.73. The maximum Gasteiger partial charge on any atom is 0.171 e. The quantitative estimate of drug-likeness (QED) is 0.481. The largest absolute Gasteiger partial charge is 0.449 e. The molecule has 1 aliphatic rings. The van der Waals surface area contributed by atoms with E-state index < -0.39 is 0 Å². The van der Waals surface area contributed by atoms with Gasteiger partial charge in [0, 0.05) is 15.7 Å². The van der Waals surface area contributed by atoms with Gasteiger partial charge in [-0.1, -0.05) is 23.2 Å². The fraction of sp³-hybridized carbons (Fsp3) is 0. The molecular formula is C12H5Cl2IO2. The van der Waals surface area contributed by atoms with Gasteiger partial charge in [-0.05, 0) is 40.8 Å². The Labute approximate surface area is 122 Å². The van der Waals surface area contributed by atoms with Crippen molar-refractivity contribution in [2.45, 2.75) is 0 Å². The van der Waals surface area contributed by atoms with Gasteiger partial charge in [0.2, 0.25) is 0 Å². The second-order valence-electron chi connectivity index (χ2n) is 3.51. The molecule has 0 aromatic heterocycles. The number of benzene rings is 2. The highest BCUT2D eigenvalue weighted by Gasteiger charge is 2.20. The van der Waals surface area contributed by atoms with Crippen LogP contribution in [-0.4, -0.2) is 0 Å². The van der Waals surface area contributed by atoms with E-state index in [-0.39, 0.29) is 0 Å². The predicted octanol–water partition coefficient (Wildman–Crippen LogP) is 5.50. The molecule has 0 aliphatic carbocycles. The highest BCUT2D eigenvalue weighted by Crippen LogP contribution is 2.48. The fourth-order valence-corrected chi connectivity index (χ4v) is 2.32. The summed E-state index contributed by atoms with van der Waals surface area (Å²) in [7, 11) is 0. The molecule has 2 aromatic rings. The minimum Gasteiger partial charge on any atom is -0.449 e. The maximum atomic E-state index is 5.94. The zero-order valence-electron chi connectivity index (χ0n) is 8.34. The SMILES string of the molecule is Clc1cc2c(cc1Cl)Oc1cc(I)ccc1O2. The zero-order chi connectivity index (χ0) is 12.0. The van der Waals surface area contributed by atoms with Gasteiger partial charge in [-0.2, -0.15) is 0 Å². The summed E-state index contributed by atoms with van der Waals surface area (Å²) in [5.41, 5.74) is 0. The van der Waals surface area contributed by atoms with Crippen molar-refractivity contribution in [1.82, 2.24) is 0 Å². The first kappa shape index (κ1) is 11.4. The van der Waals surface area contributed by atoms with E-state index in [1.807, 2.05) is 18.2 Å². The van der Waals surface area contributed by atoms with E-state index in [0.717, 1.165) is 3.57 Å². The lowest BCUT2D eigenvalue weighted by Gasteiger charge is -2.21. The van der Waals surface area contributed by atoms with Crippen molar-refractivity contribution in [3.63, 3.8) is 0 Å². The summed E-state index contributed by atoms with van der Waals surface area (Å²) >= 11 is 14.1. The molecule has 0 unspecified atom stereocenters. The lowest BCUT2D eigenvalue weighted by atomic mass is 10.2. The van der Waals surface area contributed by atoms with Gasteiger partial charge in [-0.3, -0.25) is 0 Å². The van der Waals surface area contributed by atoms with E-state index in [4.69, 9.17) is 32.7 Å². The summed E-state index contributed by atoms with van der Waals surface area (Å²) in [6, 6.07) is 9.03. The van der Waals surface area contributed by atoms with Gasteiger partial charge in [0.05, 0.1) is 10.0 Å². The molecule has 1 heterocycles. The minimum atomic E-state index is 0.447. The molecule has 0 fully saturated rings. The van der Waals surface area contributed by atoms with Crippen LogP contribution in [-0.2, 0) is 0 Å². The molecule has 3 rings (SSSR count). The van der Waals surface area contributed by atoms with Crippen molar-refractivity contribution < 1.29 is 9.47 Å². The van der Waals surface area contributed by atoms with Gasteiger partial charge >= 0.3 is 0 Å². The molecule has 0 saturated carbocycles. The van der Waals surface area contributed by atoms with Crippen molar-refractivity contribution in [2.24, 2.45) is 0 Å². The highest BCUT2D eigenvalue weighted by molar-refractivity contribution is 14.1. The Hall–Kier alpha value is -0.650. The molecule has 17 heavy (non-hydrogen) atoms. The average molecular weight is 379 g/mol. The van der Waals surface area contributed by atoms with Gasteiger partial charge < -0.3 is 9.47 Å². The van der Waals surface area contributed by atoms with Crippen LogP contribution in [0.15, 0.2) is 30.3 Å². The molecule has 0 atom stereocenters. The van der Waals surface area contributed by atoms with Crippen LogP contribution in [0.5, 0.6) is 23.0 Å². The minimum absolute atomic E-state index is 0.447. The predicted molar refractivity (Wildman–Crippen MR) is 75.8 cm³/mol. The summed E-state index contributed by atoms with van der Waals surface area (Å²) in [5, 5.41) is 0.895. The molecule has 5 heteroatoms. The maximum absolute atomic E-state index is 5.94. The Morgan fingerprint density at radius 2 is 1.29 bits per heavy atom. The van der Waals surface area contributed by atoms with E-state index in [1.165, 1.54) is 0 Å². The van der Waals surface area contributed by atoms with E-state index in [2.05, 4.69) is 22.6 Å². The van der Waals surface area contributed by atoms with Crippen LogP contribution in [0.1, 0.15) is 0 Å². The number of hydrogen-bond donors (Lipinski definition) is 0. The topological polar surface area (TPSA) is 18.5 Å². The van der Waals surface area contributed by atoms with E-state index in [1.54, 1.807) is 12.1 Å². The van der Waals surface area contributed by atoms with E-state index in [9.17, 15) is 0 Å². The molecule has 0 spiro atoms. The summed E-state index contributed by atoms with van der Waals surface area (Å²) in [4.78, 5) is 0. The van der Waals surface area contributed by atoms with Crippen molar-refractivity contribution in [1.29, 1.82) is 0 Å². The Bertz CT molecular complexity index is 614. The third-order valence-electron chi connectivity index (χ3n) is 2.33. The second-order valence-corrected chi connectivity index (χ2v) is 5.57. The number of fused-ring (bicyclic) bond motifs is 2. The third kappa shape index (κ3) is 2.07. The van der Waals surface area contributed by atoms with Crippen LogP contribution in [0.2, 0.25) is 10.0 Å². The summed E-state index contributed by atoms with van der Waals surface area (Å²) in [6.07, 6.45) is 0. The van der Waals surface area contributed by atoms with Gasteiger partial charge in [0.25, 0.3) is 0 Å². The summed E-state index contributed by atoms with van der Waals surface area (Å²) < 4.78 is 12.5. The van der Waals surface area contributed by atoms with Crippen LogP contribution >= 0.6 is 45.8 Å². The van der Waals surface area contributed by atoms with E-state index >= 15 is 0 Å². The van der Waals surface area contributed by atoms with Crippen molar-refractivity contribution >= 4 is 45.8 Å². The molecule has 0 amide bonds. The zero-order valence-corrected chi connectivity index (χ0v) is 12.0. The van der Waals surface area contributed by atoms with E-state index in [0.29, 0.717) is 33.0 Å². The molecule has 0 bridgehead atoms. The number of halogens is 3. The molecular weight excluding hydrogens is 374 g/mol. The van der Waals surface area contributed by atoms with Crippen LogP contribution in [0.4, 0.5) is 0 Å². The molecule has 0 N–H and O–H groups in total. The van der Waals surface area contributed by atoms with Gasteiger partial charge in [-0.15, -0.1) is 0 Å². The Morgan fingerprint density at radius 3 is 1.94 bits per heavy atom. The standard InChI is InChI=1S/C12H5Cl2IO2/c13-7-4-11-12(5-8(7)14)17-10-3-6(15)1-2-9(10)16-11/h1-5H. The Balaban J connectivity index is 2.11. The molecule has 2 aromatic carbocycles. The number of hydrogen-bond acceptors (Lipinski definition) is 2. The monoisotopic (exact) mass is 378 g/mol. The lowest BCUT2D eigenvalue weighted by molar-refractivity contribution is 0.359. The molecule has 0 radical (unpaired) electrons. The van der Waals surface area contributed by atoms with Crippen LogP contribution < -0.4 is 9.47 Å². The van der Waals surface area contributed by atoms with Crippen molar-refractivity contribution in [3.8, 4) is 23.0 Å². The van der Waals surface area contributed by atoms with Crippen LogP contribution in [0, 0.1) is 3.57 Å². The molecule has 86 valence electrons.